The van der Waals surface area contributed by atoms with Crippen LogP contribution in [0.3, 0.4) is 0 Å². The van der Waals surface area contributed by atoms with Gasteiger partial charge in [0.2, 0.25) is 0 Å². The molecule has 0 bridgehead atoms. The summed E-state index contributed by atoms with van der Waals surface area (Å²) >= 11 is 1.68. The lowest BCUT2D eigenvalue weighted by Gasteiger charge is -2.38. The maximum atomic E-state index is 13.7. The van der Waals surface area contributed by atoms with Crippen LogP contribution in [0.5, 0.6) is 5.75 Å². The van der Waals surface area contributed by atoms with E-state index < -0.39 is 23.8 Å². The normalized spacial score (nSPS) is 22.5. The number of ether oxygens (including phenoxy) is 3. The first-order chi connectivity index (χ1) is 15.8. The highest BCUT2D eigenvalue weighted by molar-refractivity contribution is 7.99. The van der Waals surface area contributed by atoms with E-state index in [1.54, 1.807) is 24.9 Å². The monoisotopic (exact) mass is 473 g/mol. The number of methoxy groups -OCH3 is 2. The number of nitrogens with one attached hydrogen (secondary N) is 1. The van der Waals surface area contributed by atoms with Crippen molar-refractivity contribution in [1.29, 1.82) is 0 Å². The molecule has 0 spiro atoms. The molecule has 1 aliphatic heterocycles. The maximum Gasteiger partial charge on any atom is 0.336 e. The van der Waals surface area contributed by atoms with Crippen LogP contribution < -0.4 is 10.1 Å². The van der Waals surface area contributed by atoms with Gasteiger partial charge in [-0.25, -0.2) is 4.79 Å². The van der Waals surface area contributed by atoms with Gasteiger partial charge in [-0.2, -0.15) is 11.8 Å². The topological polar surface area (TPSA) is 90.9 Å². The maximum absolute atomic E-state index is 13.7. The lowest BCUT2D eigenvalue weighted by atomic mass is 9.69. The third-order valence-corrected chi connectivity index (χ3v) is 6.92. The fourth-order valence-electron chi connectivity index (χ4n) is 4.52. The number of rotatable bonds is 8. The molecule has 0 unspecified atom stereocenters. The van der Waals surface area contributed by atoms with Crippen LogP contribution in [0, 0.1) is 11.8 Å². The van der Waals surface area contributed by atoms with Gasteiger partial charge in [0.05, 0.1) is 19.8 Å². The Balaban J connectivity index is 2.09. The SMILES string of the molecule is CCSCCOC(=O)C1=C(C)NC2=C(C(=O)[C@@H](C(=O)OC)[C@@H](C)C2)[C@@H]1c1cccc(OC)c1. The van der Waals surface area contributed by atoms with Crippen LogP contribution >= 0.6 is 11.8 Å². The number of allylic oxidation sites excluding steroid dienone is 3. The van der Waals surface area contributed by atoms with Crippen molar-refractivity contribution in [3.05, 3.63) is 52.4 Å². The molecule has 3 rings (SSSR count). The molecule has 0 aromatic heterocycles. The first-order valence-electron chi connectivity index (χ1n) is 11.1. The van der Waals surface area contributed by atoms with Gasteiger partial charge in [-0.3, -0.25) is 9.59 Å². The zero-order valence-corrected chi connectivity index (χ0v) is 20.5. The first kappa shape index (κ1) is 24.9. The van der Waals surface area contributed by atoms with Crippen molar-refractivity contribution in [2.75, 3.05) is 32.3 Å². The third kappa shape index (κ3) is 5.11. The van der Waals surface area contributed by atoms with Crippen LogP contribution in [0.15, 0.2) is 46.8 Å². The molecule has 2 aliphatic rings. The average Bonchev–Trinajstić information content (AvgIpc) is 2.80. The summed E-state index contributed by atoms with van der Waals surface area (Å²) in [5.74, 6) is -0.933. The Kier molecular flexibility index (Phi) is 8.24. The van der Waals surface area contributed by atoms with Crippen LogP contribution in [0.25, 0.3) is 0 Å². The summed E-state index contributed by atoms with van der Waals surface area (Å²) in [6.45, 7) is 6.00. The Labute approximate surface area is 198 Å². The molecule has 1 aromatic rings. The molecule has 33 heavy (non-hydrogen) atoms. The van der Waals surface area contributed by atoms with Gasteiger partial charge in [0.25, 0.3) is 0 Å². The van der Waals surface area contributed by atoms with Gasteiger partial charge < -0.3 is 19.5 Å². The van der Waals surface area contributed by atoms with E-state index in [4.69, 9.17) is 14.2 Å². The van der Waals surface area contributed by atoms with Gasteiger partial charge in [-0.15, -0.1) is 0 Å². The molecule has 8 heteroatoms. The molecule has 0 fully saturated rings. The molecule has 1 aromatic carbocycles. The molecular formula is C25H31NO6S. The minimum atomic E-state index is -0.916. The van der Waals surface area contributed by atoms with E-state index in [2.05, 4.69) is 5.32 Å². The van der Waals surface area contributed by atoms with Crippen LogP contribution in [0.2, 0.25) is 0 Å². The largest absolute Gasteiger partial charge is 0.497 e. The van der Waals surface area contributed by atoms with Crippen LogP contribution in [-0.4, -0.2) is 50.1 Å². The molecule has 1 N–H and O–H groups in total. The second-order valence-electron chi connectivity index (χ2n) is 8.14. The highest BCUT2D eigenvalue weighted by Crippen LogP contribution is 2.45. The van der Waals surface area contributed by atoms with Crippen LogP contribution in [-0.2, 0) is 23.9 Å². The Morgan fingerprint density at radius 2 is 2.00 bits per heavy atom. The van der Waals surface area contributed by atoms with E-state index in [-0.39, 0.29) is 18.3 Å². The van der Waals surface area contributed by atoms with Gasteiger partial charge in [0, 0.05) is 28.6 Å². The smallest absolute Gasteiger partial charge is 0.336 e. The second-order valence-corrected chi connectivity index (χ2v) is 9.54. The van der Waals surface area contributed by atoms with Crippen molar-refractivity contribution >= 4 is 29.5 Å². The molecule has 0 saturated carbocycles. The summed E-state index contributed by atoms with van der Waals surface area (Å²) in [6, 6.07) is 7.29. The zero-order valence-electron chi connectivity index (χ0n) is 19.7. The predicted octanol–water partition coefficient (Wildman–Crippen LogP) is 3.60. The van der Waals surface area contributed by atoms with Crippen molar-refractivity contribution in [3.8, 4) is 5.75 Å². The summed E-state index contributed by atoms with van der Waals surface area (Å²) < 4.78 is 15.9. The van der Waals surface area contributed by atoms with Crippen LogP contribution in [0.4, 0.5) is 0 Å². The Morgan fingerprint density at radius 1 is 1.24 bits per heavy atom. The number of carbonyl (C=O) groups is 3. The van der Waals surface area contributed by atoms with E-state index in [1.165, 1.54) is 7.11 Å². The quantitative estimate of drug-likeness (QED) is 0.348. The molecule has 1 aliphatic carbocycles. The molecule has 178 valence electrons. The fraction of sp³-hybridized carbons (Fsp3) is 0.480. The van der Waals surface area contributed by atoms with Crippen molar-refractivity contribution < 1.29 is 28.6 Å². The number of benzene rings is 1. The number of thioether (sulfide) groups is 1. The Bertz CT molecular complexity index is 998. The van der Waals surface area contributed by atoms with E-state index in [1.807, 2.05) is 39.0 Å². The van der Waals surface area contributed by atoms with Crippen molar-refractivity contribution in [2.45, 2.75) is 33.1 Å². The lowest BCUT2D eigenvalue weighted by Crippen LogP contribution is -2.43. The van der Waals surface area contributed by atoms with Gasteiger partial charge in [-0.1, -0.05) is 26.0 Å². The highest BCUT2D eigenvalue weighted by atomic mass is 32.2. The zero-order chi connectivity index (χ0) is 24.1. The average molecular weight is 474 g/mol. The standard InChI is InChI=1S/C25H31NO6S/c1-6-33-11-10-32-25(29)20-15(3)26-18-12-14(2)19(24(28)31-5)23(27)22(18)21(20)16-8-7-9-17(13-16)30-4/h7-9,13-14,19,21,26H,6,10-12H2,1-5H3/t14-,19-,21+/m0/s1. The number of dihydropyridines is 1. The Hall–Kier alpha value is -2.74. The van der Waals surface area contributed by atoms with Gasteiger partial charge >= 0.3 is 11.9 Å². The third-order valence-electron chi connectivity index (χ3n) is 6.06. The Morgan fingerprint density at radius 3 is 2.67 bits per heavy atom. The van der Waals surface area contributed by atoms with E-state index >= 15 is 0 Å². The molecular weight excluding hydrogens is 442 g/mol. The molecule has 0 amide bonds. The minimum absolute atomic E-state index is 0.227. The van der Waals surface area contributed by atoms with Crippen molar-refractivity contribution in [3.63, 3.8) is 0 Å². The molecule has 3 atom stereocenters. The number of Topliss-reactive ketones (excluding diaryl/α,β-unsaturated/α-hetero) is 1. The second kappa shape index (κ2) is 10.9. The highest BCUT2D eigenvalue weighted by Gasteiger charge is 2.47. The summed E-state index contributed by atoms with van der Waals surface area (Å²) in [5.41, 5.74) is 2.89. The number of hydrogen-bond acceptors (Lipinski definition) is 8. The molecule has 1 heterocycles. The van der Waals surface area contributed by atoms with E-state index in [0.717, 1.165) is 17.0 Å². The summed E-state index contributed by atoms with van der Waals surface area (Å²) in [4.78, 5) is 39.4. The number of hydrogen-bond donors (Lipinski definition) is 1. The number of esters is 2. The summed E-state index contributed by atoms with van der Waals surface area (Å²) in [7, 11) is 2.85. The first-order valence-corrected chi connectivity index (χ1v) is 12.2. The predicted molar refractivity (Wildman–Crippen MR) is 127 cm³/mol. The number of ketones is 1. The minimum Gasteiger partial charge on any atom is -0.497 e. The van der Waals surface area contributed by atoms with Gasteiger partial charge in [0.1, 0.15) is 18.3 Å². The molecule has 7 nitrogen and oxygen atoms in total. The fourth-order valence-corrected chi connectivity index (χ4v) is 5.01. The van der Waals surface area contributed by atoms with Crippen molar-refractivity contribution in [1.82, 2.24) is 5.32 Å². The number of carbonyl (C=O) groups excluding carboxylic acids is 3. The summed E-state index contributed by atoms with van der Waals surface area (Å²) in [5, 5.41) is 3.27. The van der Waals surface area contributed by atoms with Crippen LogP contribution in [0.1, 0.15) is 38.7 Å². The summed E-state index contributed by atoms with van der Waals surface area (Å²) in [6.07, 6.45) is 0.494. The molecule has 0 saturated heterocycles. The lowest BCUT2D eigenvalue weighted by molar-refractivity contribution is -0.151. The van der Waals surface area contributed by atoms with Crippen molar-refractivity contribution in [2.24, 2.45) is 11.8 Å². The van der Waals surface area contributed by atoms with E-state index in [9.17, 15) is 14.4 Å². The molecule has 0 radical (unpaired) electrons. The van der Waals surface area contributed by atoms with Gasteiger partial charge in [-0.05, 0) is 42.7 Å². The van der Waals surface area contributed by atoms with Gasteiger partial charge in [0.15, 0.2) is 5.78 Å². The van der Waals surface area contributed by atoms with E-state index in [0.29, 0.717) is 34.8 Å².